The van der Waals surface area contributed by atoms with Gasteiger partial charge in [-0.25, -0.2) is 8.42 Å². The maximum absolute atomic E-state index is 12.8. The molecule has 3 rings (SSSR count). The van der Waals surface area contributed by atoms with Crippen LogP contribution in [-0.4, -0.2) is 45.0 Å². The summed E-state index contributed by atoms with van der Waals surface area (Å²) in [5.41, 5.74) is 4.84. The minimum Gasteiger partial charge on any atom is -0.346 e. The van der Waals surface area contributed by atoms with E-state index in [1.165, 1.54) is 0 Å². The van der Waals surface area contributed by atoms with Crippen molar-refractivity contribution in [3.63, 3.8) is 0 Å². The minimum absolute atomic E-state index is 0.341. The Kier molecular flexibility index (Phi) is 9.34. The lowest BCUT2D eigenvalue weighted by Gasteiger charge is -2.16. The van der Waals surface area contributed by atoms with Crippen LogP contribution in [0.25, 0.3) is 5.57 Å². The number of hydrogen-bond donors (Lipinski definition) is 1. The second-order valence-corrected chi connectivity index (χ2v) is 9.66. The molecular weight excluding hydrogens is 426 g/mol. The number of nitrogens with zero attached hydrogens (tertiary/aromatic N) is 2. The summed E-state index contributed by atoms with van der Waals surface area (Å²) in [6.45, 7) is 11.4. The molecule has 1 aromatic carbocycles. The minimum atomic E-state index is -3.41. The van der Waals surface area contributed by atoms with Crippen LogP contribution in [0.15, 0.2) is 75.1 Å². The van der Waals surface area contributed by atoms with Crippen molar-refractivity contribution < 1.29 is 8.42 Å². The van der Waals surface area contributed by atoms with Gasteiger partial charge in [-0.05, 0) is 66.3 Å². The summed E-state index contributed by atoms with van der Waals surface area (Å²) in [7, 11) is -1.66. The van der Waals surface area contributed by atoms with Gasteiger partial charge >= 0.3 is 0 Å². The largest absolute Gasteiger partial charge is 0.346 e. The van der Waals surface area contributed by atoms with Gasteiger partial charge in [-0.3, -0.25) is 4.99 Å². The van der Waals surface area contributed by atoms with E-state index >= 15 is 0 Å². The van der Waals surface area contributed by atoms with Crippen molar-refractivity contribution in [1.82, 2.24) is 9.62 Å². The highest BCUT2D eigenvalue weighted by Crippen LogP contribution is 2.33. The third-order valence-electron chi connectivity index (χ3n) is 5.21. The molecule has 0 amide bonds. The number of hydrogen-bond acceptors (Lipinski definition) is 4. The van der Waals surface area contributed by atoms with Crippen molar-refractivity contribution in [2.24, 2.45) is 4.99 Å². The van der Waals surface area contributed by atoms with Crippen LogP contribution in [0, 0.1) is 0 Å². The van der Waals surface area contributed by atoms with E-state index in [0.717, 1.165) is 46.5 Å². The summed E-state index contributed by atoms with van der Waals surface area (Å²) < 4.78 is 27.1. The number of rotatable bonds is 6. The highest BCUT2D eigenvalue weighted by molar-refractivity contribution is 8.01. The second kappa shape index (κ2) is 11.5. The number of allylic oxidation sites excluding steroid dienone is 3. The molecule has 0 spiro atoms. The molecule has 5 nitrogen and oxygen atoms in total. The Morgan fingerprint density at radius 2 is 1.81 bits per heavy atom. The summed E-state index contributed by atoms with van der Waals surface area (Å²) in [6, 6.07) is 7.12. The summed E-state index contributed by atoms with van der Waals surface area (Å²) in [6.07, 6.45) is 7.76. The third kappa shape index (κ3) is 5.59. The van der Waals surface area contributed by atoms with E-state index in [4.69, 9.17) is 0 Å². The fourth-order valence-electron chi connectivity index (χ4n) is 3.52. The number of amidine groups is 1. The van der Waals surface area contributed by atoms with E-state index in [0.29, 0.717) is 18.0 Å². The van der Waals surface area contributed by atoms with E-state index in [-0.39, 0.29) is 0 Å². The molecule has 0 radical (unpaired) electrons. The van der Waals surface area contributed by atoms with Crippen LogP contribution in [0.3, 0.4) is 0 Å². The number of nitrogens with one attached hydrogen (secondary N) is 1. The SMILES string of the molecule is C=C(/C=C\SC)/C(C)=C1\C(c2ccc(S(=O)(=O)N3CCCC3)cc2)=CNC1=NC.CC. The Hall–Kier alpha value is -2.09. The average molecular weight is 460 g/mol. The van der Waals surface area contributed by atoms with Crippen LogP contribution in [0.2, 0.25) is 0 Å². The van der Waals surface area contributed by atoms with E-state index in [2.05, 4.69) is 16.9 Å². The zero-order chi connectivity index (χ0) is 23.0. The Labute approximate surface area is 191 Å². The van der Waals surface area contributed by atoms with Gasteiger partial charge in [-0.2, -0.15) is 4.31 Å². The maximum Gasteiger partial charge on any atom is 0.243 e. The van der Waals surface area contributed by atoms with E-state index in [9.17, 15) is 8.42 Å². The van der Waals surface area contributed by atoms with Gasteiger partial charge in [0, 0.05) is 37.5 Å². The predicted octanol–water partition coefficient (Wildman–Crippen LogP) is 5.22. The van der Waals surface area contributed by atoms with Crippen LogP contribution in [0.4, 0.5) is 0 Å². The Balaban J connectivity index is 0.00000166. The summed E-state index contributed by atoms with van der Waals surface area (Å²) in [4.78, 5) is 4.70. The lowest BCUT2D eigenvalue weighted by molar-refractivity contribution is 0.477. The Bertz CT molecular complexity index is 1010. The highest BCUT2D eigenvalue weighted by atomic mass is 32.2. The number of sulfonamides is 1. The molecule has 1 aromatic rings. The number of aliphatic imine (C=N–C) groups is 1. The molecule has 2 aliphatic heterocycles. The second-order valence-electron chi connectivity index (χ2n) is 6.97. The lowest BCUT2D eigenvalue weighted by atomic mass is 9.93. The standard InChI is InChI=1S/C22H27N3O2S2.C2H6/c1-16(11-14-28-4)17(2)21-20(15-24-22(21)23-3)18-7-9-19(10-8-18)29(26,27)25-12-5-6-13-25;1-2/h7-11,14-15H,1,5-6,12-13H2,2-4H3,(H,23,24);1-2H3/b14-11-,21-17+;. The fraction of sp³-hybridized carbons (Fsp3) is 0.375. The molecule has 2 aliphatic rings. The number of benzene rings is 1. The molecule has 7 heteroatoms. The zero-order valence-corrected chi connectivity index (χ0v) is 20.7. The van der Waals surface area contributed by atoms with Crippen LogP contribution in [-0.2, 0) is 10.0 Å². The quantitative estimate of drug-likeness (QED) is 0.593. The first-order chi connectivity index (χ1) is 14.9. The van der Waals surface area contributed by atoms with Gasteiger partial charge in [-0.15, -0.1) is 11.8 Å². The van der Waals surface area contributed by atoms with Gasteiger partial charge in [0.15, 0.2) is 0 Å². The molecule has 0 unspecified atom stereocenters. The first-order valence-electron chi connectivity index (χ1n) is 10.5. The van der Waals surface area contributed by atoms with Gasteiger partial charge in [0.05, 0.1) is 4.90 Å². The highest BCUT2D eigenvalue weighted by Gasteiger charge is 2.28. The van der Waals surface area contributed by atoms with Crippen molar-refractivity contribution in [1.29, 1.82) is 0 Å². The smallest absolute Gasteiger partial charge is 0.243 e. The molecule has 168 valence electrons. The zero-order valence-electron chi connectivity index (χ0n) is 19.1. The van der Waals surface area contributed by atoms with Crippen molar-refractivity contribution >= 4 is 33.2 Å². The molecule has 1 fully saturated rings. The van der Waals surface area contributed by atoms with Gasteiger partial charge in [0.2, 0.25) is 10.0 Å². The summed E-state index contributed by atoms with van der Waals surface area (Å²) in [5.74, 6) is 0.782. The van der Waals surface area contributed by atoms with Crippen LogP contribution < -0.4 is 5.32 Å². The van der Waals surface area contributed by atoms with Crippen molar-refractivity contribution in [3.8, 4) is 0 Å². The average Bonchev–Trinajstić information content (AvgIpc) is 3.49. The summed E-state index contributed by atoms with van der Waals surface area (Å²) >= 11 is 1.62. The molecular formula is C24H33N3O2S2. The molecule has 0 bridgehead atoms. The first kappa shape index (κ1) is 25.2. The molecule has 1 N–H and O–H groups in total. The number of thioether (sulfide) groups is 1. The van der Waals surface area contributed by atoms with E-state index in [1.807, 2.05) is 56.8 Å². The first-order valence-corrected chi connectivity index (χ1v) is 13.3. The molecule has 2 heterocycles. The normalized spacial score (nSPS) is 19.8. The van der Waals surface area contributed by atoms with Crippen LogP contribution >= 0.6 is 11.8 Å². The van der Waals surface area contributed by atoms with Gasteiger partial charge in [0.25, 0.3) is 0 Å². The van der Waals surface area contributed by atoms with Crippen molar-refractivity contribution in [3.05, 3.63) is 70.8 Å². The molecule has 0 atom stereocenters. The third-order valence-corrected chi connectivity index (χ3v) is 7.53. The van der Waals surface area contributed by atoms with Gasteiger partial charge in [0.1, 0.15) is 5.84 Å². The Morgan fingerprint density at radius 1 is 1.19 bits per heavy atom. The van der Waals surface area contributed by atoms with E-state index < -0.39 is 10.0 Å². The van der Waals surface area contributed by atoms with Crippen molar-refractivity contribution in [2.45, 2.75) is 38.5 Å². The maximum atomic E-state index is 12.8. The summed E-state index contributed by atoms with van der Waals surface area (Å²) in [5, 5.41) is 5.22. The molecule has 0 aromatic heterocycles. The molecule has 0 saturated carbocycles. The van der Waals surface area contributed by atoms with Gasteiger partial charge in [-0.1, -0.05) is 32.6 Å². The topological polar surface area (TPSA) is 61.8 Å². The Morgan fingerprint density at radius 3 is 2.35 bits per heavy atom. The fourth-order valence-corrected chi connectivity index (χ4v) is 5.33. The molecule has 31 heavy (non-hydrogen) atoms. The molecule has 1 saturated heterocycles. The van der Waals surface area contributed by atoms with Crippen LogP contribution in [0.5, 0.6) is 0 Å². The van der Waals surface area contributed by atoms with Crippen LogP contribution in [0.1, 0.15) is 39.2 Å². The van der Waals surface area contributed by atoms with Gasteiger partial charge < -0.3 is 5.32 Å². The van der Waals surface area contributed by atoms with E-state index in [1.54, 1.807) is 35.2 Å². The van der Waals surface area contributed by atoms with Crippen molar-refractivity contribution in [2.75, 3.05) is 26.4 Å². The lowest BCUT2D eigenvalue weighted by Crippen LogP contribution is -2.27. The molecule has 0 aliphatic carbocycles. The monoisotopic (exact) mass is 459 g/mol. The predicted molar refractivity (Wildman–Crippen MR) is 135 cm³/mol.